The summed E-state index contributed by atoms with van der Waals surface area (Å²) in [5.41, 5.74) is -0.506. The first-order chi connectivity index (χ1) is 12.7. The summed E-state index contributed by atoms with van der Waals surface area (Å²) in [6.45, 7) is 6.05. The van der Waals surface area contributed by atoms with Crippen LogP contribution in [0.4, 0.5) is 9.59 Å². The molecule has 2 fully saturated rings. The fourth-order valence-electron chi connectivity index (χ4n) is 3.88. The lowest BCUT2D eigenvalue weighted by molar-refractivity contribution is -0.0488. The van der Waals surface area contributed by atoms with E-state index in [2.05, 4.69) is 0 Å². The van der Waals surface area contributed by atoms with Crippen LogP contribution in [0.5, 0.6) is 0 Å². The van der Waals surface area contributed by atoms with Crippen molar-refractivity contribution in [1.82, 2.24) is 9.80 Å². The maximum atomic E-state index is 12.7. The molecule has 2 unspecified atom stereocenters. The van der Waals surface area contributed by atoms with Crippen molar-refractivity contribution in [2.75, 3.05) is 19.7 Å². The van der Waals surface area contributed by atoms with Crippen molar-refractivity contribution < 1.29 is 24.2 Å². The first-order valence-electron chi connectivity index (χ1n) is 9.33. The van der Waals surface area contributed by atoms with Crippen LogP contribution < -0.4 is 0 Å². The van der Waals surface area contributed by atoms with Gasteiger partial charge in [0.1, 0.15) is 12.2 Å². The number of ether oxygens (including phenoxy) is 2. The van der Waals surface area contributed by atoms with E-state index in [1.54, 1.807) is 9.80 Å². The molecule has 148 valence electrons. The lowest BCUT2D eigenvalue weighted by atomic mass is 9.96. The molecule has 0 aromatic heterocycles. The third-order valence-corrected chi connectivity index (χ3v) is 5.08. The maximum Gasteiger partial charge on any atom is 0.411 e. The van der Waals surface area contributed by atoms with Gasteiger partial charge in [0, 0.05) is 13.1 Å². The molecule has 1 N–H and O–H groups in total. The highest BCUT2D eigenvalue weighted by Crippen LogP contribution is 2.40. The maximum absolute atomic E-state index is 12.7. The molecule has 2 aliphatic heterocycles. The molecule has 1 aromatic carbocycles. The average Bonchev–Trinajstić information content (AvgIpc) is 2.86. The molecule has 2 bridgehead atoms. The van der Waals surface area contributed by atoms with Gasteiger partial charge in [-0.05, 0) is 39.2 Å². The van der Waals surface area contributed by atoms with Crippen molar-refractivity contribution in [1.29, 1.82) is 0 Å². The van der Waals surface area contributed by atoms with E-state index in [9.17, 15) is 14.7 Å². The van der Waals surface area contributed by atoms with Crippen LogP contribution >= 0.6 is 0 Å². The minimum Gasteiger partial charge on any atom is -0.445 e. The van der Waals surface area contributed by atoms with Crippen molar-refractivity contribution >= 4 is 12.2 Å². The summed E-state index contributed by atoms with van der Waals surface area (Å²) in [6, 6.07) is 9.31. The second-order valence-electron chi connectivity index (χ2n) is 8.35. The molecule has 0 saturated carbocycles. The molecule has 3 rings (SSSR count). The topological polar surface area (TPSA) is 79.3 Å². The minimum absolute atomic E-state index is 0.176. The van der Waals surface area contributed by atoms with E-state index in [4.69, 9.17) is 9.47 Å². The highest BCUT2D eigenvalue weighted by molar-refractivity contribution is 5.73. The van der Waals surface area contributed by atoms with E-state index < -0.39 is 23.3 Å². The quantitative estimate of drug-likeness (QED) is 0.877. The van der Waals surface area contributed by atoms with Gasteiger partial charge in [0.25, 0.3) is 0 Å². The predicted octanol–water partition coefficient (Wildman–Crippen LogP) is 2.77. The van der Waals surface area contributed by atoms with Crippen molar-refractivity contribution in [3.8, 4) is 0 Å². The van der Waals surface area contributed by atoms with Gasteiger partial charge in [-0.25, -0.2) is 9.59 Å². The van der Waals surface area contributed by atoms with Gasteiger partial charge in [-0.2, -0.15) is 0 Å². The van der Waals surface area contributed by atoms with Gasteiger partial charge in [-0.1, -0.05) is 30.3 Å². The fourth-order valence-corrected chi connectivity index (χ4v) is 3.88. The molecule has 0 spiro atoms. The summed E-state index contributed by atoms with van der Waals surface area (Å²) in [5, 5.41) is 10.1. The smallest absolute Gasteiger partial charge is 0.411 e. The van der Waals surface area contributed by atoms with Crippen LogP contribution in [0.2, 0.25) is 0 Å². The molecule has 1 aromatic rings. The number of aliphatic hydroxyl groups is 1. The van der Waals surface area contributed by atoms with Gasteiger partial charge < -0.3 is 19.5 Å². The Kier molecular flexibility index (Phi) is 5.33. The molecular formula is C20H28N2O5. The molecule has 2 amide bonds. The molecule has 0 aliphatic carbocycles. The molecular weight excluding hydrogens is 348 g/mol. The van der Waals surface area contributed by atoms with Crippen LogP contribution in [-0.2, 0) is 16.1 Å². The third-order valence-electron chi connectivity index (χ3n) is 5.08. The number of carbonyl (C=O) groups excluding carboxylic acids is 2. The number of benzene rings is 1. The van der Waals surface area contributed by atoms with Crippen molar-refractivity contribution in [2.24, 2.45) is 0 Å². The Morgan fingerprint density at radius 3 is 2.56 bits per heavy atom. The number of fused-ring (bicyclic) bond motifs is 2. The van der Waals surface area contributed by atoms with Crippen LogP contribution in [-0.4, -0.2) is 64.0 Å². The molecule has 27 heavy (non-hydrogen) atoms. The van der Waals surface area contributed by atoms with Crippen LogP contribution in [0.25, 0.3) is 0 Å². The highest BCUT2D eigenvalue weighted by Gasteiger charge is 2.55. The second kappa shape index (κ2) is 7.38. The van der Waals surface area contributed by atoms with Crippen molar-refractivity contribution in [2.45, 2.75) is 57.4 Å². The Balaban J connectivity index is 1.67. The summed E-state index contributed by atoms with van der Waals surface area (Å²) < 4.78 is 11.0. The lowest BCUT2D eigenvalue weighted by Gasteiger charge is -2.47. The van der Waals surface area contributed by atoms with Crippen molar-refractivity contribution in [3.63, 3.8) is 0 Å². The summed E-state index contributed by atoms with van der Waals surface area (Å²) in [7, 11) is 0. The van der Waals surface area contributed by atoms with E-state index in [-0.39, 0.29) is 25.8 Å². The summed E-state index contributed by atoms with van der Waals surface area (Å²) in [6.07, 6.45) is 0.502. The van der Waals surface area contributed by atoms with Crippen molar-refractivity contribution in [3.05, 3.63) is 35.9 Å². The summed E-state index contributed by atoms with van der Waals surface area (Å²) in [4.78, 5) is 28.5. The number of likely N-dealkylation sites (tertiary alicyclic amines) is 1. The van der Waals surface area contributed by atoms with Gasteiger partial charge in [0.2, 0.25) is 0 Å². The standard InChI is InChI=1S/C20H28N2O5/c1-19(2,3)27-18(25)22-16-9-10-20(22,14-23)13-21(11-16)17(24)26-12-15-7-5-4-6-8-15/h4-8,16,23H,9-14H2,1-3H3. The first kappa shape index (κ1) is 19.5. The molecule has 7 nitrogen and oxygen atoms in total. The molecule has 2 aliphatic rings. The van der Waals surface area contributed by atoms with E-state index in [1.807, 2.05) is 51.1 Å². The molecule has 2 atom stereocenters. The van der Waals surface area contributed by atoms with Gasteiger partial charge in [0.05, 0.1) is 18.2 Å². The third kappa shape index (κ3) is 4.18. The number of nitrogens with zero attached hydrogens (tertiary/aromatic N) is 2. The monoisotopic (exact) mass is 376 g/mol. The Hall–Kier alpha value is -2.28. The lowest BCUT2D eigenvalue weighted by Crippen LogP contribution is -2.66. The average molecular weight is 376 g/mol. The Labute approximate surface area is 159 Å². The van der Waals surface area contributed by atoms with Crippen LogP contribution in [0, 0.1) is 0 Å². The van der Waals surface area contributed by atoms with Crippen LogP contribution in [0.15, 0.2) is 30.3 Å². The van der Waals surface area contributed by atoms with Gasteiger partial charge in [-0.15, -0.1) is 0 Å². The number of carbonyl (C=O) groups is 2. The summed E-state index contributed by atoms with van der Waals surface area (Å²) >= 11 is 0. The van der Waals surface area contributed by atoms with E-state index in [0.29, 0.717) is 13.0 Å². The van der Waals surface area contributed by atoms with Gasteiger partial charge in [-0.3, -0.25) is 4.90 Å². The van der Waals surface area contributed by atoms with Gasteiger partial charge in [0.15, 0.2) is 0 Å². The number of hydrogen-bond acceptors (Lipinski definition) is 5. The van der Waals surface area contributed by atoms with Crippen LogP contribution in [0.3, 0.4) is 0 Å². The van der Waals surface area contributed by atoms with Crippen LogP contribution in [0.1, 0.15) is 39.2 Å². The number of aliphatic hydroxyl groups excluding tert-OH is 1. The van der Waals surface area contributed by atoms with E-state index in [1.165, 1.54) is 0 Å². The highest BCUT2D eigenvalue weighted by atomic mass is 16.6. The number of amides is 2. The Bertz CT molecular complexity index is 687. The number of piperazine rings is 1. The molecule has 0 radical (unpaired) electrons. The molecule has 2 heterocycles. The zero-order valence-corrected chi connectivity index (χ0v) is 16.2. The molecule has 7 heteroatoms. The normalized spacial score (nSPS) is 24.7. The Morgan fingerprint density at radius 1 is 1.22 bits per heavy atom. The van der Waals surface area contributed by atoms with E-state index in [0.717, 1.165) is 12.0 Å². The molecule has 2 saturated heterocycles. The SMILES string of the molecule is CC(C)(C)OC(=O)N1C2CCC1(CO)CN(C(=O)OCc1ccccc1)C2. The number of rotatable bonds is 3. The largest absolute Gasteiger partial charge is 0.445 e. The Morgan fingerprint density at radius 2 is 1.93 bits per heavy atom. The second-order valence-corrected chi connectivity index (χ2v) is 8.35. The minimum atomic E-state index is -0.809. The predicted molar refractivity (Wildman–Crippen MR) is 99.1 cm³/mol. The zero-order valence-electron chi connectivity index (χ0n) is 16.2. The zero-order chi connectivity index (χ0) is 19.7. The first-order valence-corrected chi connectivity index (χ1v) is 9.33. The summed E-state index contributed by atoms with van der Waals surface area (Å²) in [5.74, 6) is 0. The van der Waals surface area contributed by atoms with Gasteiger partial charge >= 0.3 is 12.2 Å². The fraction of sp³-hybridized carbons (Fsp3) is 0.600. The van der Waals surface area contributed by atoms with E-state index >= 15 is 0 Å². The number of hydrogen-bond donors (Lipinski definition) is 1.